The van der Waals surface area contributed by atoms with Crippen molar-refractivity contribution in [2.75, 3.05) is 13.1 Å². The molecule has 3 rings (SSSR count). The van der Waals surface area contributed by atoms with Gasteiger partial charge >= 0.3 is 0 Å². The summed E-state index contributed by atoms with van der Waals surface area (Å²) in [5, 5.41) is 3.19. The van der Waals surface area contributed by atoms with Crippen molar-refractivity contribution in [1.29, 1.82) is 0 Å². The van der Waals surface area contributed by atoms with Crippen molar-refractivity contribution in [3.8, 4) is 0 Å². The topological polar surface area (TPSA) is 53.8 Å². The zero-order valence-electron chi connectivity index (χ0n) is 9.69. The Morgan fingerprint density at radius 1 is 1.22 bits per heavy atom. The molecule has 0 saturated carbocycles. The first-order valence-electron chi connectivity index (χ1n) is 5.91. The van der Waals surface area contributed by atoms with Crippen LogP contribution in [0.2, 0.25) is 0 Å². The molecule has 0 radical (unpaired) electrons. The minimum Gasteiger partial charge on any atom is -0.311 e. The molecule has 2 heterocycles. The van der Waals surface area contributed by atoms with Gasteiger partial charge in [-0.15, -0.1) is 0 Å². The van der Waals surface area contributed by atoms with E-state index in [9.17, 15) is 9.18 Å². The van der Waals surface area contributed by atoms with Gasteiger partial charge in [0.15, 0.2) is 5.84 Å². The first-order valence-corrected chi connectivity index (χ1v) is 5.91. The molecule has 18 heavy (non-hydrogen) atoms. The van der Waals surface area contributed by atoms with Crippen LogP contribution < -0.4 is 5.32 Å². The van der Waals surface area contributed by atoms with Gasteiger partial charge in [0.1, 0.15) is 5.82 Å². The number of amides is 1. The second kappa shape index (κ2) is 4.42. The average molecular weight is 245 g/mol. The lowest BCUT2D eigenvalue weighted by molar-refractivity contribution is -0.120. The molecule has 1 atom stereocenters. The Labute approximate surface area is 104 Å². The number of hydrogen-bond donors (Lipinski definition) is 1. The molecule has 1 aromatic rings. The number of rotatable bonds is 1. The summed E-state index contributed by atoms with van der Waals surface area (Å²) in [6, 6.07) is 5.85. The molecule has 1 unspecified atom stereocenters. The fourth-order valence-electron chi connectivity index (χ4n) is 2.21. The summed E-state index contributed by atoms with van der Waals surface area (Å²) in [7, 11) is 0. The predicted molar refractivity (Wildman–Crippen MR) is 66.4 cm³/mol. The SMILES string of the molecule is O=C1N=C(c2ccc(F)cc2)N=C2CNCCC12. The molecule has 0 spiro atoms. The smallest absolute Gasteiger partial charge is 0.256 e. The Kier molecular flexibility index (Phi) is 2.76. The molecule has 0 aliphatic carbocycles. The van der Waals surface area contributed by atoms with Crippen molar-refractivity contribution in [3.05, 3.63) is 35.6 Å². The maximum Gasteiger partial charge on any atom is 0.256 e. The van der Waals surface area contributed by atoms with E-state index in [0.29, 0.717) is 17.9 Å². The second-order valence-corrected chi connectivity index (χ2v) is 4.40. The highest BCUT2D eigenvalue weighted by atomic mass is 19.1. The van der Waals surface area contributed by atoms with Crippen molar-refractivity contribution in [2.45, 2.75) is 6.42 Å². The molecule has 1 N–H and O–H groups in total. The monoisotopic (exact) mass is 245 g/mol. The number of piperidine rings is 1. The van der Waals surface area contributed by atoms with Gasteiger partial charge in [-0.25, -0.2) is 9.38 Å². The summed E-state index contributed by atoms with van der Waals surface area (Å²) in [4.78, 5) is 20.3. The normalized spacial score (nSPS) is 23.2. The Hall–Kier alpha value is -1.88. The maximum atomic E-state index is 12.8. The minimum absolute atomic E-state index is 0.138. The van der Waals surface area contributed by atoms with Crippen LogP contribution in [-0.4, -0.2) is 30.5 Å². The highest BCUT2D eigenvalue weighted by molar-refractivity contribution is 6.20. The molecule has 1 saturated heterocycles. The highest BCUT2D eigenvalue weighted by Gasteiger charge is 2.30. The van der Waals surface area contributed by atoms with Crippen LogP contribution in [0.4, 0.5) is 4.39 Å². The van der Waals surface area contributed by atoms with E-state index < -0.39 is 0 Å². The predicted octanol–water partition coefficient (Wildman–Crippen LogP) is 1.16. The number of carbonyl (C=O) groups excluding carboxylic acids is 1. The fraction of sp³-hybridized carbons (Fsp3) is 0.308. The number of carbonyl (C=O) groups is 1. The van der Waals surface area contributed by atoms with Crippen LogP contribution in [0.15, 0.2) is 34.3 Å². The van der Waals surface area contributed by atoms with E-state index in [2.05, 4.69) is 15.3 Å². The van der Waals surface area contributed by atoms with E-state index >= 15 is 0 Å². The number of benzene rings is 1. The second-order valence-electron chi connectivity index (χ2n) is 4.40. The number of nitrogens with zero attached hydrogens (tertiary/aromatic N) is 2. The number of fused-ring (bicyclic) bond motifs is 1. The van der Waals surface area contributed by atoms with E-state index in [1.54, 1.807) is 12.1 Å². The molecule has 4 nitrogen and oxygen atoms in total. The lowest BCUT2D eigenvalue weighted by Gasteiger charge is -2.25. The van der Waals surface area contributed by atoms with Gasteiger partial charge < -0.3 is 5.32 Å². The molecule has 1 aromatic carbocycles. The number of amidine groups is 1. The third kappa shape index (κ3) is 1.97. The Morgan fingerprint density at radius 3 is 2.78 bits per heavy atom. The fourth-order valence-corrected chi connectivity index (χ4v) is 2.21. The van der Waals surface area contributed by atoms with Crippen LogP contribution in [0.5, 0.6) is 0 Å². The molecule has 0 aromatic heterocycles. The van der Waals surface area contributed by atoms with Crippen molar-refractivity contribution in [3.63, 3.8) is 0 Å². The lowest BCUT2D eigenvalue weighted by atomic mass is 9.93. The van der Waals surface area contributed by atoms with E-state index in [-0.39, 0.29) is 17.6 Å². The molecule has 92 valence electrons. The molecule has 1 amide bonds. The van der Waals surface area contributed by atoms with Gasteiger partial charge in [0.05, 0.1) is 5.92 Å². The standard InChI is InChI=1S/C13H12FN3O/c14-9-3-1-8(2-4-9)12-16-11-7-15-6-5-10(11)13(18)17-12/h1-4,10,15H,5-7H2. The molecule has 1 fully saturated rings. The summed E-state index contributed by atoms with van der Waals surface area (Å²) in [5.74, 6) is -0.238. The largest absolute Gasteiger partial charge is 0.311 e. The van der Waals surface area contributed by atoms with E-state index in [1.807, 2.05) is 0 Å². The van der Waals surface area contributed by atoms with Gasteiger partial charge in [-0.1, -0.05) is 0 Å². The molecular weight excluding hydrogens is 233 g/mol. The van der Waals surface area contributed by atoms with Gasteiger partial charge in [-0.05, 0) is 37.2 Å². The van der Waals surface area contributed by atoms with Crippen LogP contribution in [0.25, 0.3) is 0 Å². The van der Waals surface area contributed by atoms with E-state index in [0.717, 1.165) is 18.7 Å². The van der Waals surface area contributed by atoms with Crippen LogP contribution in [0.1, 0.15) is 12.0 Å². The van der Waals surface area contributed by atoms with Gasteiger partial charge in [-0.3, -0.25) is 4.79 Å². The lowest BCUT2D eigenvalue weighted by Crippen LogP contribution is -2.42. The van der Waals surface area contributed by atoms with Crippen molar-refractivity contribution in [1.82, 2.24) is 5.32 Å². The van der Waals surface area contributed by atoms with E-state index in [4.69, 9.17) is 0 Å². The van der Waals surface area contributed by atoms with Crippen LogP contribution in [0, 0.1) is 11.7 Å². The average Bonchev–Trinajstić information content (AvgIpc) is 2.39. The summed E-state index contributed by atoms with van der Waals surface area (Å²) < 4.78 is 12.8. The van der Waals surface area contributed by atoms with Gasteiger partial charge in [0, 0.05) is 17.8 Å². The first-order chi connectivity index (χ1) is 8.74. The Bertz CT molecular complexity index is 548. The zero-order valence-corrected chi connectivity index (χ0v) is 9.69. The van der Waals surface area contributed by atoms with Crippen molar-refractivity contribution < 1.29 is 9.18 Å². The molecule has 2 aliphatic rings. The molecule has 0 bridgehead atoms. The Morgan fingerprint density at radius 2 is 2.00 bits per heavy atom. The number of hydrogen-bond acceptors (Lipinski definition) is 3. The van der Waals surface area contributed by atoms with Crippen LogP contribution in [-0.2, 0) is 4.79 Å². The van der Waals surface area contributed by atoms with Crippen LogP contribution >= 0.6 is 0 Å². The third-order valence-corrected chi connectivity index (χ3v) is 3.18. The quantitative estimate of drug-likeness (QED) is 0.807. The highest BCUT2D eigenvalue weighted by Crippen LogP contribution is 2.18. The summed E-state index contributed by atoms with van der Waals surface area (Å²) in [6.07, 6.45) is 0.748. The molecular formula is C13H12FN3O. The summed E-state index contributed by atoms with van der Waals surface area (Å²) in [5.41, 5.74) is 1.50. The minimum atomic E-state index is -0.314. The van der Waals surface area contributed by atoms with Gasteiger partial charge in [-0.2, -0.15) is 4.99 Å². The third-order valence-electron chi connectivity index (χ3n) is 3.18. The number of halogens is 1. The number of aliphatic imine (C=N–C) groups is 2. The van der Waals surface area contributed by atoms with E-state index in [1.165, 1.54) is 12.1 Å². The maximum absolute atomic E-state index is 12.8. The summed E-state index contributed by atoms with van der Waals surface area (Å²) >= 11 is 0. The molecule has 2 aliphatic heterocycles. The van der Waals surface area contributed by atoms with Crippen molar-refractivity contribution in [2.24, 2.45) is 15.9 Å². The van der Waals surface area contributed by atoms with Gasteiger partial charge in [0.2, 0.25) is 0 Å². The number of nitrogens with one attached hydrogen (secondary N) is 1. The first kappa shape index (κ1) is 11.2. The van der Waals surface area contributed by atoms with Crippen molar-refractivity contribution >= 4 is 17.5 Å². The Balaban J connectivity index is 1.96. The van der Waals surface area contributed by atoms with Crippen LogP contribution in [0.3, 0.4) is 0 Å². The van der Waals surface area contributed by atoms with Gasteiger partial charge in [0.25, 0.3) is 5.91 Å². The zero-order chi connectivity index (χ0) is 12.5. The molecule has 5 heteroatoms. The summed E-state index contributed by atoms with van der Waals surface area (Å²) in [6.45, 7) is 1.44.